The third-order valence-corrected chi connectivity index (χ3v) is 8.16. The summed E-state index contributed by atoms with van der Waals surface area (Å²) >= 11 is 1.99. The molecule has 0 bridgehead atoms. The molecule has 0 spiro atoms. The van der Waals surface area contributed by atoms with Crippen LogP contribution < -0.4 is 20.1 Å². The number of halogens is 3. The number of nitrogens with one attached hydrogen (secondary N) is 3. The zero-order valence-corrected chi connectivity index (χ0v) is 22.6. The lowest BCUT2D eigenvalue weighted by atomic mass is 10.1. The van der Waals surface area contributed by atoms with Gasteiger partial charge in [0.1, 0.15) is 17.4 Å². The van der Waals surface area contributed by atoms with E-state index < -0.39 is 21.8 Å². The number of hydrogen-bond acceptors (Lipinski definition) is 5. The fraction of sp³-hybridized carbons (Fsp3) is 0.280. The molecule has 0 saturated carbocycles. The van der Waals surface area contributed by atoms with Gasteiger partial charge < -0.3 is 15.4 Å². The first-order chi connectivity index (χ1) is 17.2. The molecule has 1 fully saturated rings. The van der Waals surface area contributed by atoms with Crippen molar-refractivity contribution in [2.45, 2.75) is 25.4 Å². The highest BCUT2D eigenvalue weighted by Crippen LogP contribution is 2.30. The summed E-state index contributed by atoms with van der Waals surface area (Å²) in [6, 6.07) is 16.1. The van der Waals surface area contributed by atoms with Gasteiger partial charge >= 0.3 is 10.2 Å². The quantitative estimate of drug-likeness (QED) is 0.283. The van der Waals surface area contributed by atoms with Crippen LogP contribution >= 0.6 is 22.6 Å². The molecule has 1 aliphatic heterocycles. The number of nitrogens with zero attached hydrogens (tertiary/aromatic N) is 1. The van der Waals surface area contributed by atoms with E-state index >= 15 is 0 Å². The molecule has 7 nitrogen and oxygen atoms in total. The zero-order chi connectivity index (χ0) is 25.7. The van der Waals surface area contributed by atoms with Gasteiger partial charge in [-0.05, 0) is 89.5 Å². The third-order valence-electron chi connectivity index (χ3n) is 5.97. The van der Waals surface area contributed by atoms with Crippen molar-refractivity contribution in [2.24, 2.45) is 0 Å². The zero-order valence-electron chi connectivity index (χ0n) is 19.6. The van der Waals surface area contributed by atoms with Crippen molar-refractivity contribution in [1.82, 2.24) is 9.62 Å². The fourth-order valence-electron chi connectivity index (χ4n) is 3.95. The lowest BCUT2D eigenvalue weighted by molar-refractivity contribution is 0.290. The molecule has 3 aromatic rings. The Labute approximate surface area is 223 Å². The molecular weight excluding hydrogens is 601 g/mol. The molecule has 3 N–H and O–H groups in total. The molecule has 0 unspecified atom stereocenters. The maximum Gasteiger partial charge on any atom is 0.301 e. The van der Waals surface area contributed by atoms with Crippen LogP contribution in [0.5, 0.6) is 5.75 Å². The highest BCUT2D eigenvalue weighted by atomic mass is 127. The summed E-state index contributed by atoms with van der Waals surface area (Å²) in [5.74, 6) is -0.299. The Morgan fingerprint density at radius 1 is 0.972 bits per heavy atom. The van der Waals surface area contributed by atoms with Crippen LogP contribution in [0.15, 0.2) is 60.7 Å². The van der Waals surface area contributed by atoms with Crippen molar-refractivity contribution < 1.29 is 21.9 Å². The van der Waals surface area contributed by atoms with E-state index in [0.29, 0.717) is 36.0 Å². The largest absolute Gasteiger partial charge is 0.497 e. The van der Waals surface area contributed by atoms with Crippen LogP contribution in [0.2, 0.25) is 0 Å². The SMILES string of the molecule is COc1ccc(CNC2CCN(S(=O)(=O)Nc3ccc(F)cc3Nc3ccc(I)cc3F)CC2)cc1. The molecule has 36 heavy (non-hydrogen) atoms. The van der Waals surface area contributed by atoms with Crippen molar-refractivity contribution in [3.8, 4) is 5.75 Å². The molecule has 11 heteroatoms. The van der Waals surface area contributed by atoms with Crippen LogP contribution in [0.4, 0.5) is 25.8 Å². The Balaban J connectivity index is 1.37. The van der Waals surface area contributed by atoms with Gasteiger partial charge in [-0.1, -0.05) is 12.1 Å². The van der Waals surface area contributed by atoms with Crippen molar-refractivity contribution in [3.63, 3.8) is 0 Å². The summed E-state index contributed by atoms with van der Waals surface area (Å²) < 4.78 is 64.2. The molecule has 0 atom stereocenters. The predicted octanol–water partition coefficient (Wildman–Crippen LogP) is 5.23. The summed E-state index contributed by atoms with van der Waals surface area (Å²) in [4.78, 5) is 0. The van der Waals surface area contributed by atoms with E-state index in [0.717, 1.165) is 23.4 Å². The van der Waals surface area contributed by atoms with Crippen LogP contribution in [0.3, 0.4) is 0 Å². The van der Waals surface area contributed by atoms with Crippen molar-refractivity contribution >= 4 is 49.9 Å². The highest BCUT2D eigenvalue weighted by molar-refractivity contribution is 14.1. The number of rotatable bonds is 9. The number of piperidine rings is 1. The van der Waals surface area contributed by atoms with E-state index in [1.54, 1.807) is 13.2 Å². The van der Waals surface area contributed by atoms with Crippen LogP contribution in [-0.2, 0) is 16.8 Å². The van der Waals surface area contributed by atoms with Crippen molar-refractivity contribution in [2.75, 3.05) is 30.2 Å². The Morgan fingerprint density at radius 2 is 1.67 bits per heavy atom. The first kappa shape index (κ1) is 26.6. The Morgan fingerprint density at radius 3 is 2.33 bits per heavy atom. The van der Waals surface area contributed by atoms with Gasteiger partial charge in [-0.2, -0.15) is 12.7 Å². The minimum atomic E-state index is -3.89. The maximum atomic E-state index is 14.3. The van der Waals surface area contributed by atoms with Gasteiger partial charge in [-0.3, -0.25) is 4.72 Å². The first-order valence-corrected chi connectivity index (χ1v) is 13.9. The predicted molar refractivity (Wildman–Crippen MR) is 146 cm³/mol. The minimum absolute atomic E-state index is 0.116. The Hall–Kier alpha value is -2.48. The van der Waals surface area contributed by atoms with E-state index in [1.165, 1.54) is 22.5 Å². The molecular formula is C25H27F2IN4O3S. The van der Waals surface area contributed by atoms with E-state index in [1.807, 2.05) is 46.9 Å². The molecule has 0 radical (unpaired) electrons. The average Bonchev–Trinajstić information content (AvgIpc) is 2.86. The highest BCUT2D eigenvalue weighted by Gasteiger charge is 2.28. The van der Waals surface area contributed by atoms with Gasteiger partial charge in [-0.25, -0.2) is 8.78 Å². The van der Waals surface area contributed by atoms with E-state index in [4.69, 9.17) is 4.74 Å². The summed E-state index contributed by atoms with van der Waals surface area (Å²) in [6.07, 6.45) is 1.30. The lowest BCUT2D eigenvalue weighted by Crippen LogP contribution is -2.46. The molecule has 0 aromatic heterocycles. The second-order valence-electron chi connectivity index (χ2n) is 8.45. The minimum Gasteiger partial charge on any atom is -0.497 e. The molecule has 3 aromatic carbocycles. The van der Waals surface area contributed by atoms with Crippen LogP contribution in [0.1, 0.15) is 18.4 Å². The molecule has 1 saturated heterocycles. The van der Waals surface area contributed by atoms with Crippen molar-refractivity contribution in [1.29, 1.82) is 0 Å². The van der Waals surface area contributed by atoms with Gasteiger partial charge in [0.25, 0.3) is 0 Å². The molecule has 1 aliphatic rings. The van der Waals surface area contributed by atoms with Crippen LogP contribution in [-0.4, -0.2) is 39.0 Å². The van der Waals surface area contributed by atoms with Gasteiger partial charge in [0.2, 0.25) is 0 Å². The maximum absolute atomic E-state index is 14.3. The first-order valence-electron chi connectivity index (χ1n) is 11.4. The molecule has 4 rings (SSSR count). The summed E-state index contributed by atoms with van der Waals surface area (Å²) in [5, 5.41) is 6.28. The van der Waals surface area contributed by atoms with E-state index in [2.05, 4.69) is 15.4 Å². The summed E-state index contributed by atoms with van der Waals surface area (Å²) in [7, 11) is -2.27. The van der Waals surface area contributed by atoms with Gasteiger partial charge in [0.15, 0.2) is 0 Å². The van der Waals surface area contributed by atoms with Crippen LogP contribution in [0.25, 0.3) is 0 Å². The van der Waals surface area contributed by atoms with E-state index in [-0.39, 0.29) is 23.1 Å². The summed E-state index contributed by atoms with van der Waals surface area (Å²) in [6.45, 7) is 1.36. The Kier molecular flexibility index (Phi) is 8.65. The molecule has 1 heterocycles. The molecule has 0 amide bonds. The lowest BCUT2D eigenvalue weighted by Gasteiger charge is -2.32. The average molecular weight is 628 g/mol. The standard InChI is InChI=1S/C25H27F2IN4O3S/c1-35-21-6-2-17(3-7-21)16-29-20-10-12-32(13-11-20)36(33,34)31-24-8-4-18(26)14-25(24)30-23-9-5-19(28)15-22(23)27/h2-9,14-15,20,29-31H,10-13,16H2,1H3. The van der Waals surface area contributed by atoms with E-state index in [9.17, 15) is 17.2 Å². The second-order valence-corrected chi connectivity index (χ2v) is 11.4. The van der Waals surface area contributed by atoms with Gasteiger partial charge in [-0.15, -0.1) is 0 Å². The monoisotopic (exact) mass is 628 g/mol. The number of ether oxygens (including phenoxy) is 1. The second kappa shape index (κ2) is 11.7. The smallest absolute Gasteiger partial charge is 0.301 e. The number of methoxy groups -OCH3 is 1. The topological polar surface area (TPSA) is 82.7 Å². The third kappa shape index (κ3) is 6.84. The Bertz CT molecular complexity index is 1300. The number of hydrogen-bond donors (Lipinski definition) is 3. The van der Waals surface area contributed by atoms with Crippen molar-refractivity contribution in [3.05, 3.63) is 81.4 Å². The fourth-order valence-corrected chi connectivity index (χ4v) is 5.68. The summed E-state index contributed by atoms with van der Waals surface area (Å²) in [5.41, 5.74) is 1.49. The van der Waals surface area contributed by atoms with Gasteiger partial charge in [0, 0.05) is 29.2 Å². The number of benzene rings is 3. The molecule has 0 aliphatic carbocycles. The van der Waals surface area contributed by atoms with Crippen LogP contribution in [0, 0.1) is 15.2 Å². The number of anilines is 3. The van der Waals surface area contributed by atoms with Gasteiger partial charge in [0.05, 0.1) is 24.2 Å². The normalized spacial score (nSPS) is 15.0. The molecule has 192 valence electrons.